The molecule has 0 spiro atoms. The number of nitrogens with zero attached hydrogens (tertiary/aromatic N) is 1. The summed E-state index contributed by atoms with van der Waals surface area (Å²) in [4.78, 5) is 1.78. The summed E-state index contributed by atoms with van der Waals surface area (Å²) in [6.45, 7) is 0.797. The van der Waals surface area contributed by atoms with E-state index in [0.717, 1.165) is 0 Å². The molecular weight excluding hydrogens is 164 g/mol. The first-order valence-electron chi connectivity index (χ1n) is 4.13. The summed E-state index contributed by atoms with van der Waals surface area (Å²) in [5, 5.41) is 0. The van der Waals surface area contributed by atoms with E-state index < -0.39 is 5.92 Å². The zero-order valence-electron chi connectivity index (χ0n) is 6.80. The molecule has 2 atom stereocenters. The number of hydrogen-bond acceptors (Lipinski definition) is 2. The van der Waals surface area contributed by atoms with Crippen molar-refractivity contribution in [1.82, 2.24) is 4.90 Å². The molecule has 2 rings (SSSR count). The Morgan fingerprint density at radius 2 is 1.75 bits per heavy atom. The minimum Gasteiger partial charge on any atom is -0.450 e. The Balaban J connectivity index is 2.12. The van der Waals surface area contributed by atoms with Crippen molar-refractivity contribution in [2.24, 2.45) is 0 Å². The second-order valence-corrected chi connectivity index (χ2v) is 3.62. The molecular formula is C8H12F2NO-. The number of halogens is 2. The maximum Gasteiger partial charge on any atom is 0.251 e. The van der Waals surface area contributed by atoms with E-state index in [2.05, 4.69) is 7.05 Å². The molecule has 12 heavy (non-hydrogen) atoms. The maximum atomic E-state index is 13.0. The first-order chi connectivity index (χ1) is 5.58. The van der Waals surface area contributed by atoms with Crippen molar-refractivity contribution in [1.29, 1.82) is 0 Å². The minimum absolute atomic E-state index is 0.104. The molecule has 0 aromatic rings. The number of morpholine rings is 1. The Labute approximate surface area is 70.5 Å². The van der Waals surface area contributed by atoms with Gasteiger partial charge in [0.2, 0.25) is 0 Å². The lowest BCUT2D eigenvalue weighted by Crippen LogP contribution is -2.57. The molecule has 0 radical (unpaired) electrons. The summed E-state index contributed by atoms with van der Waals surface area (Å²) in [5.41, 5.74) is 0. The molecule has 0 N–H and O–H groups in total. The molecule has 2 fully saturated rings. The van der Waals surface area contributed by atoms with E-state index in [0.29, 0.717) is 13.2 Å². The molecule has 2 heterocycles. The normalized spacial score (nSPS) is 41.2. The highest BCUT2D eigenvalue weighted by Gasteiger charge is 2.43. The Hall–Kier alpha value is -0.220. The average Bonchev–Trinajstić information content (AvgIpc) is 1.92. The van der Waals surface area contributed by atoms with Crippen LogP contribution in [0, 0.1) is 7.05 Å². The van der Waals surface area contributed by atoms with Crippen molar-refractivity contribution >= 4 is 0 Å². The van der Waals surface area contributed by atoms with E-state index in [1.54, 1.807) is 4.90 Å². The van der Waals surface area contributed by atoms with Crippen molar-refractivity contribution < 1.29 is 13.5 Å². The van der Waals surface area contributed by atoms with Crippen molar-refractivity contribution in [2.45, 2.75) is 30.8 Å². The van der Waals surface area contributed by atoms with Crippen molar-refractivity contribution in [2.75, 3.05) is 13.2 Å². The molecule has 0 saturated carbocycles. The third kappa shape index (κ3) is 1.33. The van der Waals surface area contributed by atoms with Crippen LogP contribution in [-0.4, -0.2) is 36.1 Å². The fourth-order valence-electron chi connectivity index (χ4n) is 1.95. The lowest BCUT2D eigenvalue weighted by atomic mass is 9.92. The standard InChI is InChI=1S/C8H12F2NO/c1-11-6-2-8(9,10)3-7(11)5-12-4-6/h6-7H,1-5H2/q-1. The van der Waals surface area contributed by atoms with Crippen LogP contribution in [0.2, 0.25) is 0 Å². The molecule has 2 aliphatic heterocycles. The lowest BCUT2D eigenvalue weighted by molar-refractivity contribution is -0.146. The van der Waals surface area contributed by atoms with Crippen LogP contribution in [0.1, 0.15) is 12.8 Å². The molecule has 2 unspecified atom stereocenters. The maximum absolute atomic E-state index is 13.0. The molecule has 2 saturated heterocycles. The van der Waals surface area contributed by atoms with Crippen LogP contribution in [0.15, 0.2) is 0 Å². The monoisotopic (exact) mass is 176 g/mol. The average molecular weight is 176 g/mol. The minimum atomic E-state index is -2.51. The molecule has 4 heteroatoms. The fourth-order valence-corrected chi connectivity index (χ4v) is 1.95. The first-order valence-corrected chi connectivity index (χ1v) is 4.13. The number of rotatable bonds is 0. The predicted molar refractivity (Wildman–Crippen MR) is 39.8 cm³/mol. The second-order valence-electron chi connectivity index (χ2n) is 3.62. The number of alkyl halides is 2. The first kappa shape index (κ1) is 8.38. The molecule has 2 nitrogen and oxygen atoms in total. The summed E-state index contributed by atoms with van der Waals surface area (Å²) in [7, 11) is 3.77. The Bertz CT molecular complexity index is 170. The highest BCUT2D eigenvalue weighted by atomic mass is 19.3. The van der Waals surface area contributed by atoms with Gasteiger partial charge in [0.05, 0.1) is 13.2 Å². The molecule has 0 aromatic heterocycles. The van der Waals surface area contributed by atoms with Gasteiger partial charge < -0.3 is 9.64 Å². The zero-order valence-corrected chi connectivity index (χ0v) is 6.80. The molecule has 2 bridgehead atoms. The van der Waals surface area contributed by atoms with Crippen LogP contribution in [0.3, 0.4) is 0 Å². The molecule has 0 aliphatic carbocycles. The Morgan fingerprint density at radius 1 is 1.25 bits per heavy atom. The van der Waals surface area contributed by atoms with Crippen molar-refractivity contribution in [3.8, 4) is 0 Å². The fraction of sp³-hybridized carbons (Fsp3) is 0.875. The lowest BCUT2D eigenvalue weighted by Gasteiger charge is -2.51. The number of ether oxygens (including phenoxy) is 1. The van der Waals surface area contributed by atoms with Gasteiger partial charge in [-0.25, -0.2) is 8.78 Å². The van der Waals surface area contributed by atoms with E-state index in [1.165, 1.54) is 0 Å². The molecule has 0 aromatic carbocycles. The molecule has 70 valence electrons. The van der Waals surface area contributed by atoms with Gasteiger partial charge in [-0.05, 0) is 0 Å². The molecule has 2 aliphatic rings. The second kappa shape index (κ2) is 2.64. The smallest absolute Gasteiger partial charge is 0.251 e. The van der Waals surface area contributed by atoms with Crippen LogP contribution in [0.25, 0.3) is 0 Å². The van der Waals surface area contributed by atoms with Gasteiger partial charge in [-0.2, -0.15) is 0 Å². The van der Waals surface area contributed by atoms with Gasteiger partial charge in [-0.15, -0.1) is 0 Å². The van der Waals surface area contributed by atoms with Crippen LogP contribution in [0.4, 0.5) is 8.78 Å². The van der Waals surface area contributed by atoms with Gasteiger partial charge in [-0.1, -0.05) is 0 Å². The van der Waals surface area contributed by atoms with Gasteiger partial charge in [0.1, 0.15) is 0 Å². The zero-order chi connectivity index (χ0) is 8.77. The van der Waals surface area contributed by atoms with Crippen molar-refractivity contribution in [3.63, 3.8) is 0 Å². The Kier molecular flexibility index (Phi) is 1.84. The van der Waals surface area contributed by atoms with E-state index in [1.807, 2.05) is 0 Å². The van der Waals surface area contributed by atoms with E-state index in [9.17, 15) is 8.78 Å². The summed E-state index contributed by atoms with van der Waals surface area (Å²) in [6.07, 6.45) is -0.208. The van der Waals surface area contributed by atoms with Crippen LogP contribution >= 0.6 is 0 Å². The summed E-state index contributed by atoms with van der Waals surface area (Å²) in [6, 6.07) is -0.375. The van der Waals surface area contributed by atoms with Gasteiger partial charge >= 0.3 is 0 Å². The van der Waals surface area contributed by atoms with Crippen molar-refractivity contribution in [3.05, 3.63) is 7.05 Å². The summed E-state index contributed by atoms with van der Waals surface area (Å²) in [5.74, 6) is -2.51. The van der Waals surface area contributed by atoms with E-state index >= 15 is 0 Å². The van der Waals surface area contributed by atoms with Crippen LogP contribution in [0.5, 0.6) is 0 Å². The summed E-state index contributed by atoms with van der Waals surface area (Å²) < 4.78 is 31.2. The quantitative estimate of drug-likeness (QED) is 0.515. The van der Waals surface area contributed by atoms with E-state index in [-0.39, 0.29) is 24.9 Å². The topological polar surface area (TPSA) is 12.5 Å². The van der Waals surface area contributed by atoms with Gasteiger partial charge in [0.25, 0.3) is 5.92 Å². The summed E-state index contributed by atoms with van der Waals surface area (Å²) >= 11 is 0. The third-order valence-corrected chi connectivity index (χ3v) is 2.63. The highest BCUT2D eigenvalue weighted by Crippen LogP contribution is 2.37. The SMILES string of the molecule is [CH2-]N1C2COCC1CC(F)(F)C2. The number of hydrogen-bond donors (Lipinski definition) is 0. The van der Waals surface area contributed by atoms with Crippen LogP contribution in [-0.2, 0) is 4.74 Å². The Morgan fingerprint density at radius 3 is 2.25 bits per heavy atom. The number of piperidine rings is 1. The predicted octanol–water partition coefficient (Wildman–Crippen LogP) is 1.28. The van der Waals surface area contributed by atoms with Crippen LogP contribution < -0.4 is 0 Å². The van der Waals surface area contributed by atoms with Gasteiger partial charge in [-0.3, -0.25) is 7.05 Å². The third-order valence-electron chi connectivity index (χ3n) is 2.63. The number of fused-ring (bicyclic) bond motifs is 2. The largest absolute Gasteiger partial charge is 0.450 e. The highest BCUT2D eigenvalue weighted by molar-refractivity contribution is 4.94. The molecule has 0 amide bonds. The van der Waals surface area contributed by atoms with Gasteiger partial charge in [0, 0.05) is 24.9 Å². The van der Waals surface area contributed by atoms with Gasteiger partial charge in [0.15, 0.2) is 0 Å². The van der Waals surface area contributed by atoms with E-state index in [4.69, 9.17) is 4.74 Å².